The molecule has 0 unspecified atom stereocenters. The van der Waals surface area contributed by atoms with E-state index in [4.69, 9.17) is 9.15 Å². The van der Waals surface area contributed by atoms with Crippen molar-refractivity contribution >= 4 is 44.4 Å². The fourth-order valence-electron chi connectivity index (χ4n) is 4.01. The minimum atomic E-state index is 0.597. The van der Waals surface area contributed by atoms with Gasteiger partial charge in [-0.15, -0.1) is 0 Å². The van der Waals surface area contributed by atoms with E-state index >= 15 is 0 Å². The summed E-state index contributed by atoms with van der Waals surface area (Å²) in [5.74, 6) is 2.15. The van der Waals surface area contributed by atoms with Crippen LogP contribution in [0.4, 0.5) is 5.69 Å². The first-order valence-corrected chi connectivity index (χ1v) is 10.4. The third-order valence-electron chi connectivity index (χ3n) is 5.63. The Kier molecular flexibility index (Phi) is 4.03. The van der Waals surface area contributed by atoms with Gasteiger partial charge in [-0.25, -0.2) is 4.98 Å². The average Bonchev–Trinajstić information content (AvgIpc) is 3.36. The number of oxazole rings is 1. The monoisotopic (exact) mass is 404 g/mol. The summed E-state index contributed by atoms with van der Waals surface area (Å²) in [4.78, 5) is 4.67. The number of ether oxygens (including phenoxy) is 1. The molecule has 1 aromatic heterocycles. The molecular weight excluding hydrogens is 384 g/mol. The quantitative estimate of drug-likeness (QED) is 0.343. The van der Waals surface area contributed by atoms with E-state index in [1.807, 2.05) is 42.5 Å². The smallest absolute Gasteiger partial charge is 0.220 e. The molecule has 0 spiro atoms. The second kappa shape index (κ2) is 7.03. The van der Waals surface area contributed by atoms with Crippen molar-refractivity contribution in [1.82, 2.24) is 4.98 Å². The Labute approximate surface area is 179 Å². The van der Waals surface area contributed by atoms with E-state index in [2.05, 4.69) is 59.7 Å². The zero-order valence-corrected chi connectivity index (χ0v) is 17.1. The van der Waals surface area contributed by atoms with Gasteiger partial charge in [0.2, 0.25) is 5.89 Å². The second-order valence-corrected chi connectivity index (χ2v) is 7.72. The van der Waals surface area contributed by atoms with Gasteiger partial charge in [-0.05, 0) is 57.8 Å². The van der Waals surface area contributed by atoms with Gasteiger partial charge < -0.3 is 14.5 Å². The highest BCUT2D eigenvalue weighted by Gasteiger charge is 2.17. The third kappa shape index (κ3) is 3.22. The molecule has 0 atom stereocenters. The standard InChI is InChI=1S/C27H20N2O2/c1-2-17(11-26-28-22-13-18-7-3-5-9-20(18)15-24(22)30-26)12-27-29-23-14-19-8-4-6-10-21(19)16-25(23)31-27/h3-16,28H,2H2,1H3. The highest BCUT2D eigenvalue weighted by atomic mass is 16.5. The van der Waals surface area contributed by atoms with Crippen molar-refractivity contribution < 1.29 is 9.15 Å². The second-order valence-electron chi connectivity index (χ2n) is 7.72. The first-order valence-electron chi connectivity index (χ1n) is 10.4. The summed E-state index contributed by atoms with van der Waals surface area (Å²) in [6.45, 7) is 2.11. The fraction of sp³-hybridized carbons (Fsp3) is 0.0741. The summed E-state index contributed by atoms with van der Waals surface area (Å²) < 4.78 is 12.1. The lowest BCUT2D eigenvalue weighted by molar-refractivity contribution is 0.457. The first kappa shape index (κ1) is 17.8. The number of nitrogens with one attached hydrogen (secondary N) is 1. The van der Waals surface area contributed by atoms with Crippen LogP contribution in [0.3, 0.4) is 0 Å². The molecule has 4 aromatic carbocycles. The lowest BCUT2D eigenvalue weighted by Crippen LogP contribution is -1.97. The van der Waals surface area contributed by atoms with Crippen LogP contribution in [0.1, 0.15) is 19.2 Å². The van der Waals surface area contributed by atoms with Gasteiger partial charge in [-0.1, -0.05) is 55.5 Å². The Balaban J connectivity index is 1.33. The largest absolute Gasteiger partial charge is 0.439 e. The normalized spacial score (nSPS) is 14.9. The van der Waals surface area contributed by atoms with Crippen LogP contribution < -0.4 is 10.1 Å². The summed E-state index contributed by atoms with van der Waals surface area (Å²) in [5.41, 5.74) is 3.70. The number of hydrogen-bond acceptors (Lipinski definition) is 4. The first-order chi connectivity index (χ1) is 15.2. The molecule has 1 aliphatic rings. The average molecular weight is 404 g/mol. The summed E-state index contributed by atoms with van der Waals surface area (Å²) in [5, 5.41) is 8.02. The van der Waals surface area contributed by atoms with Crippen LogP contribution in [0.5, 0.6) is 5.75 Å². The zero-order valence-electron chi connectivity index (χ0n) is 17.1. The SMILES string of the molecule is CCC(=Cc1nc2cc3ccccc3cc2o1)C=C1Nc2cc3ccccc3cc2O1. The maximum Gasteiger partial charge on any atom is 0.220 e. The van der Waals surface area contributed by atoms with E-state index in [1.54, 1.807) is 0 Å². The minimum Gasteiger partial charge on any atom is -0.439 e. The Hall–Kier alpha value is -4.05. The van der Waals surface area contributed by atoms with Gasteiger partial charge in [0.05, 0.1) is 5.69 Å². The van der Waals surface area contributed by atoms with E-state index in [9.17, 15) is 0 Å². The molecule has 5 aromatic rings. The van der Waals surface area contributed by atoms with Crippen molar-refractivity contribution in [3.05, 3.63) is 96.2 Å². The maximum absolute atomic E-state index is 6.05. The summed E-state index contributed by atoms with van der Waals surface area (Å²) in [6.07, 6.45) is 4.81. The highest BCUT2D eigenvalue weighted by molar-refractivity contribution is 5.94. The van der Waals surface area contributed by atoms with E-state index in [-0.39, 0.29) is 0 Å². The lowest BCUT2D eigenvalue weighted by Gasteiger charge is -2.01. The molecule has 0 saturated heterocycles. The molecule has 0 amide bonds. The van der Waals surface area contributed by atoms with Crippen molar-refractivity contribution in [3.8, 4) is 5.75 Å². The molecular formula is C27H20N2O2. The van der Waals surface area contributed by atoms with Crippen LogP contribution in [0.15, 0.2) is 94.7 Å². The predicted octanol–water partition coefficient (Wildman–Crippen LogP) is 7.27. The minimum absolute atomic E-state index is 0.597. The predicted molar refractivity (Wildman–Crippen MR) is 126 cm³/mol. The molecule has 1 N–H and O–H groups in total. The summed E-state index contributed by atoms with van der Waals surface area (Å²) in [6, 6.07) is 24.8. The number of allylic oxidation sites excluding steroid dienone is 2. The van der Waals surface area contributed by atoms with Crippen LogP contribution in [-0.2, 0) is 0 Å². The summed E-state index contributed by atoms with van der Waals surface area (Å²) >= 11 is 0. The number of nitrogens with zero attached hydrogens (tertiary/aromatic N) is 1. The molecule has 0 aliphatic carbocycles. The van der Waals surface area contributed by atoms with Crippen LogP contribution in [0, 0.1) is 0 Å². The molecule has 0 bridgehead atoms. The number of rotatable bonds is 3. The van der Waals surface area contributed by atoms with Gasteiger partial charge in [0.25, 0.3) is 0 Å². The molecule has 0 fully saturated rings. The van der Waals surface area contributed by atoms with E-state index in [1.165, 1.54) is 5.39 Å². The van der Waals surface area contributed by atoms with Gasteiger partial charge in [0.1, 0.15) is 5.52 Å². The molecule has 4 nitrogen and oxygen atoms in total. The van der Waals surface area contributed by atoms with Crippen molar-refractivity contribution in [2.75, 3.05) is 5.32 Å². The molecule has 2 heterocycles. The van der Waals surface area contributed by atoms with Crippen molar-refractivity contribution in [3.63, 3.8) is 0 Å². The lowest BCUT2D eigenvalue weighted by atomic mass is 10.1. The number of hydrogen-bond donors (Lipinski definition) is 1. The van der Waals surface area contributed by atoms with Crippen LogP contribution in [0.2, 0.25) is 0 Å². The molecule has 4 heteroatoms. The third-order valence-corrected chi connectivity index (χ3v) is 5.63. The Morgan fingerprint density at radius 2 is 1.58 bits per heavy atom. The van der Waals surface area contributed by atoms with Crippen LogP contribution >= 0.6 is 0 Å². The van der Waals surface area contributed by atoms with Gasteiger partial charge in [-0.2, -0.15) is 0 Å². The molecule has 1 aliphatic heterocycles. The number of fused-ring (bicyclic) bond motifs is 4. The van der Waals surface area contributed by atoms with E-state index in [0.717, 1.165) is 50.7 Å². The van der Waals surface area contributed by atoms with E-state index < -0.39 is 0 Å². The molecule has 150 valence electrons. The number of benzene rings is 4. The Morgan fingerprint density at radius 1 is 0.903 bits per heavy atom. The number of aromatic nitrogens is 1. The van der Waals surface area contributed by atoms with Gasteiger partial charge >= 0.3 is 0 Å². The zero-order chi connectivity index (χ0) is 20.8. The topological polar surface area (TPSA) is 47.3 Å². The van der Waals surface area contributed by atoms with E-state index in [0.29, 0.717) is 11.8 Å². The molecule has 31 heavy (non-hydrogen) atoms. The summed E-state index contributed by atoms with van der Waals surface area (Å²) in [7, 11) is 0. The molecule has 0 saturated carbocycles. The van der Waals surface area contributed by atoms with Gasteiger partial charge in [0, 0.05) is 12.2 Å². The number of anilines is 1. The Morgan fingerprint density at radius 3 is 2.32 bits per heavy atom. The van der Waals surface area contributed by atoms with Crippen molar-refractivity contribution in [2.45, 2.75) is 13.3 Å². The van der Waals surface area contributed by atoms with Crippen molar-refractivity contribution in [1.29, 1.82) is 0 Å². The highest BCUT2D eigenvalue weighted by Crippen LogP contribution is 2.37. The molecule has 0 radical (unpaired) electrons. The van der Waals surface area contributed by atoms with Gasteiger partial charge in [-0.3, -0.25) is 0 Å². The Bertz CT molecular complexity index is 1430. The molecule has 6 rings (SSSR count). The van der Waals surface area contributed by atoms with Crippen LogP contribution in [-0.4, -0.2) is 4.98 Å². The van der Waals surface area contributed by atoms with Crippen molar-refractivity contribution in [2.24, 2.45) is 0 Å². The maximum atomic E-state index is 6.05. The van der Waals surface area contributed by atoms with Gasteiger partial charge in [0.15, 0.2) is 17.2 Å². The fourth-order valence-corrected chi connectivity index (χ4v) is 4.01. The van der Waals surface area contributed by atoms with Crippen LogP contribution in [0.25, 0.3) is 38.7 Å².